The van der Waals surface area contributed by atoms with Crippen molar-refractivity contribution in [1.29, 1.82) is 0 Å². The van der Waals surface area contributed by atoms with Gasteiger partial charge in [-0.05, 0) is 18.1 Å². The molecule has 1 atom stereocenters. The van der Waals surface area contributed by atoms with Gasteiger partial charge in [0, 0.05) is 14.1 Å². The second-order valence-electron chi connectivity index (χ2n) is 4.58. The van der Waals surface area contributed by atoms with Crippen LogP contribution in [0.1, 0.15) is 24.3 Å². The smallest absolute Gasteiger partial charge is 0.317 e. The van der Waals surface area contributed by atoms with Gasteiger partial charge in [-0.2, -0.15) is 0 Å². The summed E-state index contributed by atoms with van der Waals surface area (Å²) in [6, 6.07) is 3.17. The van der Waals surface area contributed by atoms with Gasteiger partial charge >= 0.3 is 5.97 Å². The van der Waals surface area contributed by atoms with Gasteiger partial charge in [-0.25, -0.2) is 0 Å². The number of thioether (sulfide) groups is 1. The van der Waals surface area contributed by atoms with Crippen molar-refractivity contribution in [1.82, 2.24) is 15.1 Å². The fraction of sp³-hybridized carbons (Fsp3) is 0.500. The molecular formula is C12H17N3O3S. The van der Waals surface area contributed by atoms with E-state index in [1.807, 2.05) is 13.8 Å². The van der Waals surface area contributed by atoms with Gasteiger partial charge in [0.1, 0.15) is 10.3 Å². The molecule has 1 aromatic rings. The molecule has 1 amide bonds. The average Bonchev–Trinajstić information content (AvgIpc) is 2.34. The van der Waals surface area contributed by atoms with Crippen LogP contribution in [0.2, 0.25) is 0 Å². The fourth-order valence-corrected chi connectivity index (χ4v) is 2.20. The summed E-state index contributed by atoms with van der Waals surface area (Å²) in [6.07, 6.45) is 0. The molecule has 0 aliphatic heterocycles. The molecule has 1 N–H and O–H groups in total. The predicted molar refractivity (Wildman–Crippen MR) is 72.2 cm³/mol. The monoisotopic (exact) mass is 283 g/mol. The maximum Gasteiger partial charge on any atom is 0.317 e. The molecule has 0 fully saturated rings. The average molecular weight is 283 g/mol. The first kappa shape index (κ1) is 15.4. The van der Waals surface area contributed by atoms with Crippen molar-refractivity contribution >= 4 is 23.6 Å². The number of hydrogen-bond donors (Lipinski definition) is 1. The maximum atomic E-state index is 11.6. The summed E-state index contributed by atoms with van der Waals surface area (Å²) in [5, 5.41) is 16.7. The first-order valence-corrected chi connectivity index (χ1v) is 6.65. The number of aromatic nitrogens is 2. The number of rotatable bonds is 5. The fourth-order valence-electron chi connectivity index (χ4n) is 1.33. The molecule has 0 spiro atoms. The van der Waals surface area contributed by atoms with E-state index in [1.165, 1.54) is 4.90 Å². The van der Waals surface area contributed by atoms with Crippen molar-refractivity contribution in [2.75, 3.05) is 14.1 Å². The molecule has 1 heterocycles. The van der Waals surface area contributed by atoms with Crippen molar-refractivity contribution in [2.45, 2.75) is 24.1 Å². The Bertz CT molecular complexity index is 460. The van der Waals surface area contributed by atoms with Crippen LogP contribution in [0, 0.1) is 5.92 Å². The zero-order valence-corrected chi connectivity index (χ0v) is 12.1. The third-order valence-electron chi connectivity index (χ3n) is 2.36. The highest BCUT2D eigenvalue weighted by molar-refractivity contribution is 8.00. The number of carboxylic acids is 1. The number of nitrogens with zero attached hydrogens (tertiary/aromatic N) is 3. The highest BCUT2D eigenvalue weighted by atomic mass is 32.2. The van der Waals surface area contributed by atoms with Gasteiger partial charge in [0.2, 0.25) is 0 Å². The lowest BCUT2D eigenvalue weighted by Gasteiger charge is -2.14. The van der Waals surface area contributed by atoms with Crippen molar-refractivity contribution in [2.24, 2.45) is 5.92 Å². The molecular weight excluding hydrogens is 266 g/mol. The van der Waals surface area contributed by atoms with Gasteiger partial charge in [-0.1, -0.05) is 25.6 Å². The number of hydrogen-bond acceptors (Lipinski definition) is 5. The van der Waals surface area contributed by atoms with Gasteiger partial charge in [-0.3, -0.25) is 9.59 Å². The SMILES string of the molecule is CC(C)C(Sc1ccc(C(=O)N(C)C)nn1)C(=O)O. The number of carbonyl (C=O) groups excluding carboxylic acids is 1. The highest BCUT2D eigenvalue weighted by Gasteiger charge is 2.23. The van der Waals surface area contributed by atoms with Crippen LogP contribution in [0.4, 0.5) is 0 Å². The van der Waals surface area contributed by atoms with E-state index in [0.717, 1.165) is 11.8 Å². The molecule has 1 unspecified atom stereocenters. The van der Waals surface area contributed by atoms with Crippen LogP contribution in [0.15, 0.2) is 17.2 Å². The molecule has 0 aliphatic carbocycles. The Balaban J connectivity index is 2.82. The molecule has 1 rings (SSSR count). The molecule has 1 aromatic heterocycles. The molecule has 0 saturated heterocycles. The molecule has 7 heteroatoms. The zero-order valence-electron chi connectivity index (χ0n) is 11.3. The van der Waals surface area contributed by atoms with E-state index < -0.39 is 11.2 Å². The lowest BCUT2D eigenvalue weighted by atomic mass is 10.1. The second-order valence-corrected chi connectivity index (χ2v) is 5.74. The summed E-state index contributed by atoms with van der Waals surface area (Å²) in [5.74, 6) is -1.13. The summed E-state index contributed by atoms with van der Waals surface area (Å²) in [6.45, 7) is 3.67. The summed E-state index contributed by atoms with van der Waals surface area (Å²) in [5.41, 5.74) is 0.241. The molecule has 19 heavy (non-hydrogen) atoms. The van der Waals surface area contributed by atoms with Crippen LogP contribution in [0.3, 0.4) is 0 Å². The van der Waals surface area contributed by atoms with E-state index in [1.54, 1.807) is 26.2 Å². The summed E-state index contributed by atoms with van der Waals surface area (Å²) < 4.78 is 0. The standard InChI is InChI=1S/C12H17N3O3S/c1-7(2)10(12(17)18)19-9-6-5-8(13-14-9)11(16)15(3)4/h5-7,10H,1-4H3,(H,17,18). The minimum atomic E-state index is -0.879. The lowest BCUT2D eigenvalue weighted by Crippen LogP contribution is -2.24. The largest absolute Gasteiger partial charge is 0.480 e. The number of carbonyl (C=O) groups is 2. The van der Waals surface area contributed by atoms with Crippen LogP contribution in [-0.4, -0.2) is 51.4 Å². The van der Waals surface area contributed by atoms with Crippen molar-refractivity contribution in [3.8, 4) is 0 Å². The van der Waals surface area contributed by atoms with Crippen LogP contribution in [0.25, 0.3) is 0 Å². The normalized spacial score (nSPS) is 12.3. The molecule has 0 saturated carbocycles. The van der Waals surface area contributed by atoms with E-state index in [0.29, 0.717) is 5.03 Å². The van der Waals surface area contributed by atoms with Crippen LogP contribution in [0.5, 0.6) is 0 Å². The van der Waals surface area contributed by atoms with Gasteiger partial charge in [0.25, 0.3) is 5.91 Å². The highest BCUT2D eigenvalue weighted by Crippen LogP contribution is 2.26. The van der Waals surface area contributed by atoms with Gasteiger partial charge in [-0.15, -0.1) is 10.2 Å². The Labute approximate surface area is 116 Å². The lowest BCUT2D eigenvalue weighted by molar-refractivity contribution is -0.137. The first-order chi connectivity index (χ1) is 8.82. The third-order valence-corrected chi connectivity index (χ3v) is 3.82. The van der Waals surface area contributed by atoms with E-state index in [9.17, 15) is 9.59 Å². The summed E-state index contributed by atoms with van der Waals surface area (Å²) in [7, 11) is 3.26. The molecule has 0 bridgehead atoms. The Morgan fingerprint density at radius 2 is 1.89 bits per heavy atom. The van der Waals surface area contributed by atoms with Gasteiger partial charge < -0.3 is 10.0 Å². The number of amides is 1. The van der Waals surface area contributed by atoms with Crippen molar-refractivity contribution in [3.63, 3.8) is 0 Å². The minimum absolute atomic E-state index is 0.0209. The maximum absolute atomic E-state index is 11.6. The zero-order chi connectivity index (χ0) is 14.6. The van der Waals surface area contributed by atoms with Gasteiger partial charge in [0.05, 0.1) is 0 Å². The van der Waals surface area contributed by atoms with E-state index in [2.05, 4.69) is 10.2 Å². The Morgan fingerprint density at radius 1 is 1.26 bits per heavy atom. The molecule has 104 valence electrons. The molecule has 0 aromatic carbocycles. The first-order valence-electron chi connectivity index (χ1n) is 5.77. The van der Waals surface area contributed by atoms with Crippen molar-refractivity contribution < 1.29 is 14.7 Å². The van der Waals surface area contributed by atoms with Gasteiger partial charge in [0.15, 0.2) is 5.69 Å². The minimum Gasteiger partial charge on any atom is -0.480 e. The van der Waals surface area contributed by atoms with E-state index >= 15 is 0 Å². The summed E-state index contributed by atoms with van der Waals surface area (Å²) in [4.78, 5) is 24.1. The second kappa shape index (κ2) is 6.51. The van der Waals surface area contributed by atoms with Crippen LogP contribution in [-0.2, 0) is 4.79 Å². The Hall–Kier alpha value is -1.63. The van der Waals surface area contributed by atoms with Crippen molar-refractivity contribution in [3.05, 3.63) is 17.8 Å². The summed E-state index contributed by atoms with van der Waals surface area (Å²) >= 11 is 1.14. The van der Waals surface area contributed by atoms with Crippen LogP contribution < -0.4 is 0 Å². The number of carboxylic acid groups (broad SMARTS) is 1. The quantitative estimate of drug-likeness (QED) is 0.822. The Morgan fingerprint density at radius 3 is 2.26 bits per heavy atom. The third kappa shape index (κ3) is 4.20. The molecule has 0 radical (unpaired) electrons. The molecule has 6 nitrogen and oxygen atoms in total. The van der Waals surface area contributed by atoms with Crippen LogP contribution >= 0.6 is 11.8 Å². The molecule has 0 aliphatic rings. The van der Waals surface area contributed by atoms with E-state index in [-0.39, 0.29) is 17.5 Å². The predicted octanol–water partition coefficient (Wildman–Crippen LogP) is 1.38. The van der Waals surface area contributed by atoms with E-state index in [4.69, 9.17) is 5.11 Å². The number of aliphatic carboxylic acids is 1. The topological polar surface area (TPSA) is 83.4 Å². The Kier molecular flexibility index (Phi) is 5.29.